The van der Waals surface area contributed by atoms with Crippen LogP contribution in [0.1, 0.15) is 13.3 Å². The molecule has 0 radical (unpaired) electrons. The molecular weight excluding hydrogens is 126 g/mol. The monoisotopic (exact) mass is 145 g/mol. The van der Waals surface area contributed by atoms with Crippen molar-refractivity contribution in [2.75, 3.05) is 27.2 Å². The van der Waals surface area contributed by atoms with Gasteiger partial charge in [-0.15, -0.1) is 0 Å². The zero-order valence-electron chi connectivity index (χ0n) is 7.22. The van der Waals surface area contributed by atoms with E-state index in [1.54, 1.807) is 0 Å². The van der Waals surface area contributed by atoms with E-state index in [0.29, 0.717) is 0 Å². The van der Waals surface area contributed by atoms with E-state index in [4.69, 9.17) is 5.73 Å². The fourth-order valence-electron chi connectivity index (χ4n) is 0.725. The lowest BCUT2D eigenvalue weighted by Gasteiger charge is -2.11. The Morgan fingerprint density at radius 2 is 2.10 bits per heavy atom. The van der Waals surface area contributed by atoms with Crippen molar-refractivity contribution in [1.29, 1.82) is 0 Å². The average molecular weight is 145 g/mol. The zero-order valence-corrected chi connectivity index (χ0v) is 7.22. The van der Waals surface area contributed by atoms with Crippen LogP contribution in [0.15, 0.2) is 0 Å². The molecule has 0 aromatic heterocycles. The highest BCUT2D eigenvalue weighted by Crippen LogP contribution is 1.80. The molecule has 3 heteroatoms. The number of hydrogen-bond donors (Lipinski definition) is 2. The summed E-state index contributed by atoms with van der Waals surface area (Å²) in [5.74, 6) is 0. The van der Waals surface area contributed by atoms with Gasteiger partial charge in [-0.2, -0.15) is 0 Å². The summed E-state index contributed by atoms with van der Waals surface area (Å²) in [7, 11) is 4.15. The lowest BCUT2D eigenvalue weighted by atomic mass is 10.4. The van der Waals surface area contributed by atoms with Gasteiger partial charge in [0.05, 0.1) is 6.17 Å². The summed E-state index contributed by atoms with van der Waals surface area (Å²) in [4.78, 5) is 2.17. The van der Waals surface area contributed by atoms with Crippen molar-refractivity contribution in [1.82, 2.24) is 10.2 Å². The molecule has 10 heavy (non-hydrogen) atoms. The minimum Gasteiger partial charge on any atom is -0.316 e. The second kappa shape index (κ2) is 5.65. The normalized spacial score (nSPS) is 14.1. The summed E-state index contributed by atoms with van der Waals surface area (Å²) in [6.07, 6.45) is 1.29. The summed E-state index contributed by atoms with van der Waals surface area (Å²) in [6, 6.07) is 0. The molecule has 0 fully saturated rings. The first-order chi connectivity index (χ1) is 4.63. The van der Waals surface area contributed by atoms with Gasteiger partial charge in [-0.3, -0.25) is 0 Å². The van der Waals surface area contributed by atoms with Crippen LogP contribution >= 0.6 is 0 Å². The van der Waals surface area contributed by atoms with Gasteiger partial charge in [0.1, 0.15) is 0 Å². The molecular formula is C7H19N3. The maximum absolute atomic E-state index is 5.48. The van der Waals surface area contributed by atoms with Crippen LogP contribution in [-0.2, 0) is 0 Å². The topological polar surface area (TPSA) is 41.3 Å². The number of nitrogens with zero attached hydrogens (tertiary/aromatic N) is 1. The van der Waals surface area contributed by atoms with Gasteiger partial charge >= 0.3 is 0 Å². The van der Waals surface area contributed by atoms with Crippen LogP contribution in [0.3, 0.4) is 0 Å². The van der Waals surface area contributed by atoms with Gasteiger partial charge in [0.15, 0.2) is 0 Å². The van der Waals surface area contributed by atoms with Gasteiger partial charge < -0.3 is 16.0 Å². The molecule has 0 bridgehead atoms. The molecule has 0 aromatic rings. The van der Waals surface area contributed by atoms with E-state index in [1.807, 2.05) is 6.92 Å². The molecule has 0 rings (SSSR count). The number of hydrogen-bond acceptors (Lipinski definition) is 3. The predicted octanol–water partition coefficient (Wildman–Crippen LogP) is -0.168. The summed E-state index contributed by atoms with van der Waals surface area (Å²) in [5.41, 5.74) is 5.48. The Balaban J connectivity index is 2.91. The quantitative estimate of drug-likeness (QED) is 0.417. The molecule has 1 unspecified atom stereocenters. The third kappa shape index (κ3) is 7.88. The maximum atomic E-state index is 5.48. The van der Waals surface area contributed by atoms with Crippen molar-refractivity contribution in [3.8, 4) is 0 Å². The van der Waals surface area contributed by atoms with Gasteiger partial charge in [0.2, 0.25) is 0 Å². The highest BCUT2D eigenvalue weighted by Gasteiger charge is 1.92. The third-order valence-electron chi connectivity index (χ3n) is 1.25. The van der Waals surface area contributed by atoms with E-state index in [0.717, 1.165) is 19.5 Å². The van der Waals surface area contributed by atoms with Crippen LogP contribution in [0.25, 0.3) is 0 Å². The average Bonchev–Trinajstić information content (AvgIpc) is 1.79. The smallest absolute Gasteiger partial charge is 0.0517 e. The molecule has 0 aliphatic carbocycles. The lowest BCUT2D eigenvalue weighted by Crippen LogP contribution is -2.35. The minimum atomic E-state index is 0.127. The van der Waals surface area contributed by atoms with Crippen molar-refractivity contribution in [3.05, 3.63) is 0 Å². The van der Waals surface area contributed by atoms with Gasteiger partial charge in [-0.25, -0.2) is 0 Å². The molecule has 0 saturated heterocycles. The third-order valence-corrected chi connectivity index (χ3v) is 1.25. The van der Waals surface area contributed by atoms with Crippen molar-refractivity contribution in [2.45, 2.75) is 19.5 Å². The molecule has 0 saturated carbocycles. The molecule has 0 aromatic carbocycles. The van der Waals surface area contributed by atoms with Crippen molar-refractivity contribution < 1.29 is 0 Å². The number of nitrogens with two attached hydrogens (primary N) is 1. The SMILES string of the molecule is CC(N)NCCCN(C)C. The summed E-state index contributed by atoms with van der Waals surface area (Å²) in [5, 5.41) is 3.15. The highest BCUT2D eigenvalue weighted by molar-refractivity contribution is 4.52. The van der Waals surface area contributed by atoms with E-state index < -0.39 is 0 Å². The van der Waals surface area contributed by atoms with Crippen molar-refractivity contribution in [3.63, 3.8) is 0 Å². The summed E-state index contributed by atoms with van der Waals surface area (Å²) < 4.78 is 0. The number of nitrogens with one attached hydrogen (secondary N) is 1. The largest absolute Gasteiger partial charge is 0.316 e. The van der Waals surface area contributed by atoms with E-state index in [-0.39, 0.29) is 6.17 Å². The van der Waals surface area contributed by atoms with Crippen molar-refractivity contribution >= 4 is 0 Å². The second-order valence-electron chi connectivity index (χ2n) is 2.90. The van der Waals surface area contributed by atoms with Crippen LogP contribution in [0.2, 0.25) is 0 Å². The first-order valence-electron chi connectivity index (χ1n) is 3.76. The van der Waals surface area contributed by atoms with Crippen LogP contribution in [0.5, 0.6) is 0 Å². The Kier molecular flexibility index (Phi) is 5.58. The van der Waals surface area contributed by atoms with Gasteiger partial charge in [-0.1, -0.05) is 0 Å². The van der Waals surface area contributed by atoms with Crippen LogP contribution in [0.4, 0.5) is 0 Å². The van der Waals surface area contributed by atoms with E-state index in [9.17, 15) is 0 Å². The number of rotatable bonds is 5. The highest BCUT2D eigenvalue weighted by atomic mass is 15.1. The Morgan fingerprint density at radius 3 is 2.50 bits per heavy atom. The molecule has 1 atom stereocenters. The van der Waals surface area contributed by atoms with Crippen molar-refractivity contribution in [2.24, 2.45) is 5.73 Å². The fourth-order valence-corrected chi connectivity index (χ4v) is 0.725. The van der Waals surface area contributed by atoms with Crippen LogP contribution in [-0.4, -0.2) is 38.3 Å². The van der Waals surface area contributed by atoms with E-state index in [1.165, 1.54) is 0 Å². The Labute approximate surface area is 63.6 Å². The van der Waals surface area contributed by atoms with Gasteiger partial charge in [-0.05, 0) is 40.5 Å². The van der Waals surface area contributed by atoms with Gasteiger partial charge in [0, 0.05) is 0 Å². The fraction of sp³-hybridized carbons (Fsp3) is 1.00. The Hall–Kier alpha value is -0.120. The van der Waals surface area contributed by atoms with Crippen LogP contribution in [0, 0.1) is 0 Å². The summed E-state index contributed by atoms with van der Waals surface area (Å²) >= 11 is 0. The van der Waals surface area contributed by atoms with E-state index >= 15 is 0 Å². The lowest BCUT2D eigenvalue weighted by molar-refractivity contribution is 0.389. The molecule has 0 aliphatic heterocycles. The van der Waals surface area contributed by atoms with Gasteiger partial charge in [0.25, 0.3) is 0 Å². The summed E-state index contributed by atoms with van der Waals surface area (Å²) in [6.45, 7) is 4.09. The zero-order chi connectivity index (χ0) is 7.98. The standard InChI is InChI=1S/C7H19N3/c1-7(8)9-5-4-6-10(2)3/h7,9H,4-6,8H2,1-3H3. The Morgan fingerprint density at radius 1 is 1.50 bits per heavy atom. The molecule has 0 heterocycles. The first-order valence-corrected chi connectivity index (χ1v) is 3.76. The molecule has 62 valence electrons. The maximum Gasteiger partial charge on any atom is 0.0517 e. The predicted molar refractivity (Wildman–Crippen MR) is 44.8 cm³/mol. The Bertz CT molecular complexity index is 61.3. The second-order valence-corrected chi connectivity index (χ2v) is 2.90. The first kappa shape index (κ1) is 9.88. The molecule has 3 N–H and O–H groups in total. The molecule has 0 amide bonds. The molecule has 0 spiro atoms. The van der Waals surface area contributed by atoms with E-state index in [2.05, 4.69) is 24.3 Å². The molecule has 3 nitrogen and oxygen atoms in total. The minimum absolute atomic E-state index is 0.127. The molecule has 0 aliphatic rings. The van der Waals surface area contributed by atoms with Crippen LogP contribution < -0.4 is 11.1 Å².